The molecular formula is C8H15N3O5S. The molecule has 0 radical (unpaired) electrons. The highest BCUT2D eigenvalue weighted by atomic mass is 32.1. The van der Waals surface area contributed by atoms with Crippen molar-refractivity contribution in [2.75, 3.05) is 18.9 Å². The topological polar surface area (TPSA) is 142 Å². The Morgan fingerprint density at radius 1 is 1.29 bits per heavy atom. The molecule has 17 heavy (non-hydrogen) atoms. The molecule has 0 saturated carbocycles. The summed E-state index contributed by atoms with van der Waals surface area (Å²) in [6.45, 7) is -1.10. The molecule has 6 N–H and O–H groups in total. The number of nitrogens with one attached hydrogen (secondary N) is 2. The second kappa shape index (κ2) is 7.87. The summed E-state index contributed by atoms with van der Waals surface area (Å²) in [6, 6.07) is -2.13. The zero-order valence-corrected chi connectivity index (χ0v) is 9.81. The number of hydrogen-bond donors (Lipinski definition) is 6. The van der Waals surface area contributed by atoms with Gasteiger partial charge in [0.2, 0.25) is 11.8 Å². The van der Waals surface area contributed by atoms with Gasteiger partial charge in [-0.25, -0.2) is 0 Å². The molecule has 0 fully saturated rings. The minimum atomic E-state index is -1.20. The first-order chi connectivity index (χ1) is 7.92. The summed E-state index contributed by atoms with van der Waals surface area (Å²) in [5, 5.41) is 21.3. The van der Waals surface area contributed by atoms with Crippen molar-refractivity contribution >= 4 is 30.4 Å². The number of aliphatic hydroxyl groups is 1. The van der Waals surface area contributed by atoms with E-state index >= 15 is 0 Å². The fourth-order valence-electron chi connectivity index (χ4n) is 0.842. The summed E-state index contributed by atoms with van der Waals surface area (Å²) >= 11 is 3.85. The van der Waals surface area contributed by atoms with Crippen LogP contribution in [0.15, 0.2) is 0 Å². The zero-order valence-electron chi connectivity index (χ0n) is 8.92. The number of nitrogens with two attached hydrogens (primary N) is 1. The second-order valence-electron chi connectivity index (χ2n) is 3.14. The number of carboxylic acids is 1. The first-order valence-electron chi connectivity index (χ1n) is 4.69. The Bertz CT molecular complexity index is 299. The second-order valence-corrected chi connectivity index (χ2v) is 3.51. The number of thiol groups is 1. The molecule has 8 nitrogen and oxygen atoms in total. The molecule has 0 bridgehead atoms. The maximum absolute atomic E-state index is 11.4. The van der Waals surface area contributed by atoms with Crippen LogP contribution in [0.2, 0.25) is 0 Å². The molecule has 9 heteroatoms. The van der Waals surface area contributed by atoms with E-state index in [1.165, 1.54) is 0 Å². The number of hydrogen-bond acceptors (Lipinski definition) is 6. The molecule has 2 atom stereocenters. The molecule has 2 amide bonds. The Labute approximate surface area is 103 Å². The maximum Gasteiger partial charge on any atom is 0.322 e. The van der Waals surface area contributed by atoms with E-state index in [1.807, 2.05) is 0 Å². The van der Waals surface area contributed by atoms with Crippen LogP contribution in [-0.4, -0.2) is 59.0 Å². The van der Waals surface area contributed by atoms with E-state index in [9.17, 15) is 14.4 Å². The smallest absolute Gasteiger partial charge is 0.322 e. The summed E-state index contributed by atoms with van der Waals surface area (Å²) < 4.78 is 0. The van der Waals surface area contributed by atoms with Crippen LogP contribution in [0.25, 0.3) is 0 Å². The monoisotopic (exact) mass is 265 g/mol. The summed E-state index contributed by atoms with van der Waals surface area (Å²) in [7, 11) is 0. The highest BCUT2D eigenvalue weighted by Gasteiger charge is 2.22. The van der Waals surface area contributed by atoms with Crippen molar-refractivity contribution in [3.05, 3.63) is 0 Å². The molecule has 0 spiro atoms. The average molecular weight is 265 g/mol. The van der Waals surface area contributed by atoms with Gasteiger partial charge >= 0.3 is 5.97 Å². The predicted molar refractivity (Wildman–Crippen MR) is 61.5 cm³/mol. The number of carbonyl (C=O) groups is 3. The van der Waals surface area contributed by atoms with E-state index in [1.54, 1.807) is 0 Å². The minimum absolute atomic E-state index is 0.0185. The van der Waals surface area contributed by atoms with Gasteiger partial charge in [0.25, 0.3) is 0 Å². The highest BCUT2D eigenvalue weighted by molar-refractivity contribution is 7.80. The van der Waals surface area contributed by atoms with E-state index in [0.29, 0.717) is 0 Å². The van der Waals surface area contributed by atoms with Crippen LogP contribution in [0.4, 0.5) is 0 Å². The Morgan fingerprint density at radius 2 is 1.88 bits per heavy atom. The van der Waals surface area contributed by atoms with Gasteiger partial charge in [-0.2, -0.15) is 12.6 Å². The lowest BCUT2D eigenvalue weighted by Gasteiger charge is -2.17. The van der Waals surface area contributed by atoms with Crippen molar-refractivity contribution in [1.29, 1.82) is 0 Å². The maximum atomic E-state index is 11.4. The van der Waals surface area contributed by atoms with Crippen LogP contribution in [-0.2, 0) is 14.4 Å². The number of carboxylic acid groups (broad SMARTS) is 1. The Balaban J connectivity index is 4.27. The molecule has 98 valence electrons. The number of amides is 2. The third-order valence-electron chi connectivity index (χ3n) is 1.76. The van der Waals surface area contributed by atoms with Gasteiger partial charge in [0, 0.05) is 5.75 Å². The van der Waals surface area contributed by atoms with Gasteiger partial charge < -0.3 is 26.6 Å². The first kappa shape index (κ1) is 15.7. The largest absolute Gasteiger partial charge is 0.480 e. The zero-order chi connectivity index (χ0) is 13.4. The SMILES string of the molecule is N[C@@H](CO)C(=O)N[C@@H](CS)C(=O)NCC(=O)O. The van der Waals surface area contributed by atoms with Gasteiger partial charge in [-0.1, -0.05) is 0 Å². The summed E-state index contributed by atoms with van der Waals surface area (Å²) in [5.41, 5.74) is 5.23. The lowest BCUT2D eigenvalue weighted by molar-refractivity contribution is -0.138. The quantitative estimate of drug-likeness (QED) is 0.270. The highest BCUT2D eigenvalue weighted by Crippen LogP contribution is 1.90. The number of carbonyl (C=O) groups excluding carboxylic acids is 2. The summed E-state index contributed by atoms with van der Waals surface area (Å²) in [5.74, 6) is -2.61. The van der Waals surface area contributed by atoms with Gasteiger partial charge in [-0.05, 0) is 0 Å². The molecule has 0 aliphatic heterocycles. The van der Waals surface area contributed by atoms with Crippen molar-refractivity contribution in [3.8, 4) is 0 Å². The Kier molecular flexibility index (Phi) is 7.26. The molecule has 0 aliphatic rings. The van der Waals surface area contributed by atoms with E-state index in [2.05, 4.69) is 23.3 Å². The van der Waals surface area contributed by atoms with Gasteiger partial charge in [0.05, 0.1) is 6.61 Å². The molecular weight excluding hydrogens is 250 g/mol. The third-order valence-corrected chi connectivity index (χ3v) is 2.13. The van der Waals surface area contributed by atoms with E-state index < -0.39 is 43.0 Å². The molecule has 0 aromatic rings. The van der Waals surface area contributed by atoms with Crippen LogP contribution in [0, 0.1) is 0 Å². The van der Waals surface area contributed by atoms with E-state index in [0.717, 1.165) is 0 Å². The van der Waals surface area contributed by atoms with E-state index in [-0.39, 0.29) is 5.75 Å². The molecule has 0 aromatic heterocycles. The lowest BCUT2D eigenvalue weighted by atomic mass is 10.2. The van der Waals surface area contributed by atoms with Crippen LogP contribution in [0.3, 0.4) is 0 Å². The van der Waals surface area contributed by atoms with Gasteiger partial charge in [-0.3, -0.25) is 14.4 Å². The number of aliphatic carboxylic acids is 1. The van der Waals surface area contributed by atoms with Crippen LogP contribution in [0.5, 0.6) is 0 Å². The fourth-order valence-corrected chi connectivity index (χ4v) is 1.10. The van der Waals surface area contributed by atoms with Gasteiger partial charge in [-0.15, -0.1) is 0 Å². The Morgan fingerprint density at radius 3 is 2.29 bits per heavy atom. The van der Waals surface area contributed by atoms with Crippen LogP contribution in [0.1, 0.15) is 0 Å². The van der Waals surface area contributed by atoms with Crippen molar-refractivity contribution < 1.29 is 24.6 Å². The lowest BCUT2D eigenvalue weighted by Crippen LogP contribution is -2.53. The van der Waals surface area contributed by atoms with Crippen molar-refractivity contribution in [3.63, 3.8) is 0 Å². The van der Waals surface area contributed by atoms with Crippen molar-refractivity contribution in [1.82, 2.24) is 10.6 Å². The minimum Gasteiger partial charge on any atom is -0.480 e. The van der Waals surface area contributed by atoms with Crippen LogP contribution < -0.4 is 16.4 Å². The van der Waals surface area contributed by atoms with Crippen LogP contribution >= 0.6 is 12.6 Å². The van der Waals surface area contributed by atoms with Crippen molar-refractivity contribution in [2.45, 2.75) is 12.1 Å². The first-order valence-corrected chi connectivity index (χ1v) is 5.32. The molecule has 0 unspecified atom stereocenters. The third kappa shape index (κ3) is 6.09. The number of rotatable bonds is 7. The molecule has 0 saturated heterocycles. The average Bonchev–Trinajstić information content (AvgIpc) is 2.31. The summed E-state index contributed by atoms with van der Waals surface area (Å²) in [6.07, 6.45) is 0. The standard InChI is InChI=1S/C8H15N3O5S/c9-4(2-12)7(15)11-5(3-17)8(16)10-1-6(13)14/h4-5,12,17H,1-3,9H2,(H,10,16)(H,11,15)(H,13,14)/t4-,5-/m0/s1. The molecule has 0 rings (SSSR count). The predicted octanol–water partition coefficient (Wildman–Crippen LogP) is -3.08. The summed E-state index contributed by atoms with van der Waals surface area (Å²) in [4.78, 5) is 32.9. The van der Waals surface area contributed by atoms with Crippen molar-refractivity contribution in [2.24, 2.45) is 5.73 Å². The fraction of sp³-hybridized carbons (Fsp3) is 0.625. The van der Waals surface area contributed by atoms with Gasteiger partial charge in [0.15, 0.2) is 0 Å². The molecule has 0 heterocycles. The molecule has 0 aliphatic carbocycles. The molecule has 0 aromatic carbocycles. The normalized spacial score (nSPS) is 13.6. The van der Waals surface area contributed by atoms with E-state index in [4.69, 9.17) is 15.9 Å². The number of aliphatic hydroxyl groups excluding tert-OH is 1. The van der Waals surface area contributed by atoms with Gasteiger partial charge in [0.1, 0.15) is 18.6 Å². The Hall–Kier alpha value is -1.32.